The lowest BCUT2D eigenvalue weighted by Gasteiger charge is -2.24. The molecule has 1 unspecified atom stereocenters. The number of benzene rings is 2. The van der Waals surface area contributed by atoms with Crippen molar-refractivity contribution in [2.24, 2.45) is 0 Å². The van der Waals surface area contributed by atoms with E-state index in [9.17, 15) is 5.11 Å². The van der Waals surface area contributed by atoms with Crippen molar-refractivity contribution in [1.29, 1.82) is 0 Å². The van der Waals surface area contributed by atoms with Gasteiger partial charge in [0.2, 0.25) is 0 Å². The highest BCUT2D eigenvalue weighted by atomic mass is 35.5. The van der Waals surface area contributed by atoms with Gasteiger partial charge in [0.15, 0.2) is 11.5 Å². The highest BCUT2D eigenvalue weighted by molar-refractivity contribution is 6.30. The van der Waals surface area contributed by atoms with Gasteiger partial charge in [-0.3, -0.25) is 0 Å². The van der Waals surface area contributed by atoms with Crippen LogP contribution in [0, 0.1) is 0 Å². The minimum atomic E-state index is -0.562. The van der Waals surface area contributed by atoms with Crippen LogP contribution in [0.5, 0.6) is 11.5 Å². The first-order valence-corrected chi connectivity index (χ1v) is 10.4. The van der Waals surface area contributed by atoms with Crippen molar-refractivity contribution < 1.29 is 14.6 Å². The van der Waals surface area contributed by atoms with Crippen molar-refractivity contribution in [3.05, 3.63) is 58.6 Å². The summed E-state index contributed by atoms with van der Waals surface area (Å²) in [6, 6.07) is 14.2. The van der Waals surface area contributed by atoms with Crippen LogP contribution in [0.25, 0.3) is 0 Å². The number of rotatable bonds is 12. The van der Waals surface area contributed by atoms with Crippen LogP contribution in [0.1, 0.15) is 25.0 Å². The molecular formula is C23H33ClN2O3. The molecule has 0 spiro atoms. The maximum Gasteiger partial charge on any atom is 0.161 e. The average molecular weight is 421 g/mol. The van der Waals surface area contributed by atoms with E-state index in [1.165, 1.54) is 5.56 Å². The molecule has 0 aliphatic carbocycles. The van der Waals surface area contributed by atoms with E-state index in [2.05, 4.69) is 24.1 Å². The van der Waals surface area contributed by atoms with E-state index in [0.29, 0.717) is 24.1 Å². The molecule has 0 bridgehead atoms. The predicted molar refractivity (Wildman–Crippen MR) is 119 cm³/mol. The van der Waals surface area contributed by atoms with Crippen LogP contribution in [-0.4, -0.2) is 56.0 Å². The Hall–Kier alpha value is -1.79. The third-order valence-corrected chi connectivity index (χ3v) is 5.12. The van der Waals surface area contributed by atoms with E-state index >= 15 is 0 Å². The van der Waals surface area contributed by atoms with Crippen LogP contribution >= 0.6 is 11.6 Å². The minimum absolute atomic E-state index is 0.223. The van der Waals surface area contributed by atoms with Gasteiger partial charge < -0.3 is 24.8 Å². The molecule has 2 N–H and O–H groups in total. The van der Waals surface area contributed by atoms with Crippen LogP contribution in [0.3, 0.4) is 0 Å². The van der Waals surface area contributed by atoms with Crippen LogP contribution in [0.15, 0.2) is 42.5 Å². The summed E-state index contributed by atoms with van der Waals surface area (Å²) >= 11 is 5.92. The Morgan fingerprint density at radius 3 is 2.41 bits per heavy atom. The molecule has 0 aliphatic rings. The predicted octanol–water partition coefficient (Wildman–Crippen LogP) is 3.76. The van der Waals surface area contributed by atoms with Gasteiger partial charge in [-0.1, -0.05) is 29.8 Å². The van der Waals surface area contributed by atoms with E-state index < -0.39 is 6.10 Å². The Balaban J connectivity index is 1.84. The van der Waals surface area contributed by atoms with Gasteiger partial charge in [0.1, 0.15) is 12.7 Å². The van der Waals surface area contributed by atoms with Gasteiger partial charge in [-0.15, -0.1) is 0 Å². The summed E-state index contributed by atoms with van der Waals surface area (Å²) in [5.74, 6) is 1.31. The average Bonchev–Trinajstić information content (AvgIpc) is 2.71. The molecule has 0 heterocycles. The first-order chi connectivity index (χ1) is 13.9. The number of halogens is 1. The lowest BCUT2D eigenvalue weighted by molar-refractivity contribution is 0.0668. The van der Waals surface area contributed by atoms with Gasteiger partial charge in [-0.05, 0) is 69.3 Å². The van der Waals surface area contributed by atoms with Gasteiger partial charge in [0.05, 0.1) is 7.11 Å². The SMILES string of the molecule is COc1ccc(CNCCc2ccc(Cl)cc2)cc1OCC(O)CN(C)C(C)C. The fourth-order valence-corrected chi connectivity index (χ4v) is 2.97. The Morgan fingerprint density at radius 1 is 1.07 bits per heavy atom. The van der Waals surface area contributed by atoms with Crippen LogP contribution in [0.2, 0.25) is 5.02 Å². The minimum Gasteiger partial charge on any atom is -0.493 e. The molecule has 2 aromatic rings. The van der Waals surface area contributed by atoms with Crippen molar-refractivity contribution in [1.82, 2.24) is 10.2 Å². The summed E-state index contributed by atoms with van der Waals surface area (Å²) in [7, 11) is 3.61. The number of aliphatic hydroxyl groups is 1. The molecule has 0 aliphatic heterocycles. The Morgan fingerprint density at radius 2 is 1.76 bits per heavy atom. The monoisotopic (exact) mass is 420 g/mol. The number of nitrogens with zero attached hydrogens (tertiary/aromatic N) is 1. The number of nitrogens with one attached hydrogen (secondary N) is 1. The summed E-state index contributed by atoms with van der Waals surface area (Å²) in [6.45, 7) is 6.57. The quantitative estimate of drug-likeness (QED) is 0.512. The zero-order valence-electron chi connectivity index (χ0n) is 17.8. The fraction of sp³-hybridized carbons (Fsp3) is 0.478. The lowest BCUT2D eigenvalue weighted by Crippen LogP contribution is -2.37. The number of methoxy groups -OCH3 is 1. The van der Waals surface area contributed by atoms with Gasteiger partial charge in [-0.25, -0.2) is 0 Å². The van der Waals surface area contributed by atoms with E-state index in [1.54, 1.807) is 7.11 Å². The van der Waals surface area contributed by atoms with Gasteiger partial charge in [0, 0.05) is 24.2 Å². The molecule has 6 heteroatoms. The first kappa shape index (κ1) is 23.5. The van der Waals surface area contributed by atoms with Crippen molar-refractivity contribution in [3.63, 3.8) is 0 Å². The lowest BCUT2D eigenvalue weighted by atomic mass is 10.1. The Kier molecular flexibility index (Phi) is 9.74. The maximum atomic E-state index is 10.2. The summed E-state index contributed by atoms with van der Waals surface area (Å²) < 4.78 is 11.3. The van der Waals surface area contributed by atoms with Gasteiger partial charge in [0.25, 0.3) is 0 Å². The third-order valence-electron chi connectivity index (χ3n) is 4.87. The van der Waals surface area contributed by atoms with Crippen molar-refractivity contribution in [2.45, 2.75) is 39.0 Å². The maximum absolute atomic E-state index is 10.2. The molecule has 0 aromatic heterocycles. The molecule has 0 saturated carbocycles. The number of hydrogen-bond donors (Lipinski definition) is 2. The van der Waals surface area contributed by atoms with E-state index in [0.717, 1.165) is 30.1 Å². The molecular weight excluding hydrogens is 388 g/mol. The fourth-order valence-electron chi connectivity index (χ4n) is 2.84. The normalized spacial score (nSPS) is 12.4. The molecule has 2 rings (SSSR count). The topological polar surface area (TPSA) is 54.0 Å². The highest BCUT2D eigenvalue weighted by Crippen LogP contribution is 2.28. The van der Waals surface area contributed by atoms with E-state index in [4.69, 9.17) is 21.1 Å². The van der Waals surface area contributed by atoms with Crippen LogP contribution < -0.4 is 14.8 Å². The first-order valence-electron chi connectivity index (χ1n) is 10.0. The zero-order chi connectivity index (χ0) is 21.2. The summed E-state index contributed by atoms with van der Waals surface area (Å²) in [4.78, 5) is 2.09. The van der Waals surface area contributed by atoms with Crippen molar-refractivity contribution in [2.75, 3.05) is 33.9 Å². The summed E-state index contributed by atoms with van der Waals surface area (Å²) in [5, 5.41) is 14.4. The number of ether oxygens (including phenoxy) is 2. The van der Waals surface area contributed by atoms with E-state index in [-0.39, 0.29) is 6.61 Å². The zero-order valence-corrected chi connectivity index (χ0v) is 18.6. The second-order valence-corrected chi connectivity index (χ2v) is 7.97. The molecule has 0 saturated heterocycles. The highest BCUT2D eigenvalue weighted by Gasteiger charge is 2.13. The molecule has 29 heavy (non-hydrogen) atoms. The standard InChI is InChI=1S/C23H33ClN2O3/c1-17(2)26(3)15-21(27)16-29-23-13-19(7-10-22(23)28-4)14-25-12-11-18-5-8-20(24)9-6-18/h5-10,13,17,21,25,27H,11-12,14-16H2,1-4H3. The molecule has 0 radical (unpaired) electrons. The van der Waals surface area contributed by atoms with Gasteiger partial charge >= 0.3 is 0 Å². The van der Waals surface area contributed by atoms with Crippen LogP contribution in [0.4, 0.5) is 0 Å². The summed E-state index contributed by atoms with van der Waals surface area (Å²) in [6.07, 6.45) is 0.375. The second kappa shape index (κ2) is 12.0. The number of aliphatic hydroxyl groups excluding tert-OH is 1. The molecule has 160 valence electrons. The molecule has 0 fully saturated rings. The third kappa shape index (κ3) is 8.23. The molecule has 1 atom stereocenters. The Bertz CT molecular complexity index is 737. The van der Waals surface area contributed by atoms with Crippen molar-refractivity contribution >= 4 is 11.6 Å². The Labute approximate surface area is 179 Å². The van der Waals surface area contributed by atoms with Gasteiger partial charge in [-0.2, -0.15) is 0 Å². The van der Waals surface area contributed by atoms with E-state index in [1.807, 2.05) is 49.5 Å². The number of likely N-dealkylation sites (N-methyl/N-ethyl adjacent to an activating group) is 1. The van der Waals surface area contributed by atoms with Crippen molar-refractivity contribution in [3.8, 4) is 11.5 Å². The molecule has 2 aromatic carbocycles. The molecule has 5 nitrogen and oxygen atoms in total. The number of hydrogen-bond acceptors (Lipinski definition) is 5. The smallest absolute Gasteiger partial charge is 0.161 e. The molecule has 0 amide bonds. The second-order valence-electron chi connectivity index (χ2n) is 7.54. The summed E-state index contributed by atoms with van der Waals surface area (Å²) in [5.41, 5.74) is 2.35. The van der Waals surface area contributed by atoms with Crippen LogP contribution in [-0.2, 0) is 13.0 Å². The largest absolute Gasteiger partial charge is 0.493 e.